The molecule has 4 heterocycles. The predicted molar refractivity (Wildman–Crippen MR) is 300 cm³/mol. The van der Waals surface area contributed by atoms with Crippen LogP contribution in [-0.4, -0.2) is 13.4 Å². The molecular weight excluding hydrogens is 870 g/mol. The van der Waals surface area contributed by atoms with E-state index in [-0.39, 0.29) is 13.4 Å². The van der Waals surface area contributed by atoms with Gasteiger partial charge in [-0.2, -0.15) is 10.5 Å². The van der Waals surface area contributed by atoms with Gasteiger partial charge >= 0.3 is 0 Å². The predicted octanol–water partition coefficient (Wildman–Crippen LogP) is 12.2. The van der Waals surface area contributed by atoms with Gasteiger partial charge in [0.05, 0.1) is 23.3 Å². The third kappa shape index (κ3) is 5.10. The summed E-state index contributed by atoms with van der Waals surface area (Å²) in [5, 5.41) is 29.2. The maximum Gasteiger partial charge on any atom is 0.248 e. The molecule has 326 valence electrons. The average Bonchev–Trinajstić information content (AvgIpc) is 3.45. The third-order valence-corrected chi connectivity index (χ3v) is 16.2. The molecule has 6 heteroatoms. The highest BCUT2D eigenvalue weighted by Gasteiger charge is 2.46. The lowest BCUT2D eigenvalue weighted by atomic mass is 9.31. The van der Waals surface area contributed by atoms with Crippen molar-refractivity contribution in [1.29, 1.82) is 10.5 Å². The van der Waals surface area contributed by atoms with Crippen LogP contribution < -0.4 is 42.6 Å². The molecule has 0 spiro atoms. The highest BCUT2D eigenvalue weighted by Crippen LogP contribution is 2.52. The van der Waals surface area contributed by atoms with Crippen molar-refractivity contribution in [2.75, 3.05) is 9.80 Å². The first-order valence-electron chi connectivity index (χ1n) is 24.7. The van der Waals surface area contributed by atoms with Crippen LogP contribution in [0.15, 0.2) is 218 Å². The maximum atomic E-state index is 10.9. The largest absolute Gasteiger partial charge is 0.311 e. The van der Waals surface area contributed by atoms with Gasteiger partial charge in [0.1, 0.15) is 0 Å². The molecule has 0 atom stereocenters. The van der Waals surface area contributed by atoms with Crippen LogP contribution in [0.3, 0.4) is 0 Å². The fraction of sp³-hybridized carbons (Fsp3) is 0. The molecule has 0 aliphatic carbocycles. The number of hydrogen-bond acceptors (Lipinski definition) is 4. The molecule has 12 aromatic carbocycles. The number of benzene rings is 12. The van der Waals surface area contributed by atoms with E-state index in [1.807, 2.05) is 0 Å². The number of nitriles is 2. The van der Waals surface area contributed by atoms with Crippen molar-refractivity contribution in [2.24, 2.45) is 0 Å². The Morgan fingerprint density at radius 3 is 1.08 bits per heavy atom. The molecule has 4 nitrogen and oxygen atoms in total. The van der Waals surface area contributed by atoms with Crippen LogP contribution in [0, 0.1) is 22.7 Å². The monoisotopic (exact) mass is 906 g/mol. The summed E-state index contributed by atoms with van der Waals surface area (Å²) in [5.41, 5.74) is 24.2. The number of nitrogens with zero attached hydrogens (tertiary/aromatic N) is 4. The molecule has 0 saturated carbocycles. The first-order valence-corrected chi connectivity index (χ1v) is 24.7. The zero-order chi connectivity index (χ0) is 47.3. The Morgan fingerprint density at radius 1 is 0.306 bits per heavy atom. The highest BCUT2D eigenvalue weighted by molar-refractivity contribution is 7.02. The molecule has 0 fully saturated rings. The summed E-state index contributed by atoms with van der Waals surface area (Å²) in [6, 6.07) is 84.4. The van der Waals surface area contributed by atoms with Gasteiger partial charge in [-0.3, -0.25) is 0 Å². The van der Waals surface area contributed by atoms with E-state index in [4.69, 9.17) is 0 Å². The summed E-state index contributed by atoms with van der Waals surface area (Å²) < 4.78 is 0. The topological polar surface area (TPSA) is 54.1 Å². The van der Waals surface area contributed by atoms with Crippen molar-refractivity contribution in [3.8, 4) is 56.6 Å². The van der Waals surface area contributed by atoms with Crippen LogP contribution in [0.5, 0.6) is 0 Å². The Labute approximate surface area is 417 Å². The first-order chi connectivity index (χ1) is 35.7. The van der Waals surface area contributed by atoms with Gasteiger partial charge in [0.15, 0.2) is 0 Å². The third-order valence-electron chi connectivity index (χ3n) is 16.2. The number of hydrogen-bond donors (Lipinski definition) is 0. The molecule has 0 bridgehead atoms. The van der Waals surface area contributed by atoms with Crippen LogP contribution in [0.25, 0.3) is 76.8 Å². The summed E-state index contributed by atoms with van der Waals surface area (Å²) in [4.78, 5) is 4.74. The summed E-state index contributed by atoms with van der Waals surface area (Å²) >= 11 is 0. The van der Waals surface area contributed by atoms with Gasteiger partial charge in [0, 0.05) is 34.1 Å². The Hall–Kier alpha value is -9.61. The fourth-order valence-electron chi connectivity index (χ4n) is 13.5. The van der Waals surface area contributed by atoms with Crippen molar-refractivity contribution >= 4 is 113 Å². The molecular formula is C66H36B2N4. The second-order valence-electron chi connectivity index (χ2n) is 19.7. The van der Waals surface area contributed by atoms with Crippen LogP contribution in [0.2, 0.25) is 0 Å². The molecule has 4 aliphatic rings. The number of rotatable bonds is 4. The summed E-state index contributed by atoms with van der Waals surface area (Å²) in [5.74, 6) is 0. The Morgan fingerprint density at radius 2 is 0.681 bits per heavy atom. The van der Waals surface area contributed by atoms with E-state index in [1.54, 1.807) is 0 Å². The maximum absolute atomic E-state index is 10.9. The van der Waals surface area contributed by atoms with Gasteiger partial charge in [0.25, 0.3) is 0 Å². The SMILES string of the molecule is N#Cc1cc2c3c(c1)N(c1ccccc1)c1ccccc1B3c1cc3c(-c4ccccc4)cc4c5c(cc6c(-c7ccccc7)cc-2c1c6c35)B1c2ccccc2N(c2ccccc2)c2cc(C#N)cc-4c21. The molecule has 0 N–H and O–H groups in total. The minimum Gasteiger partial charge on any atom is -0.311 e. The van der Waals surface area contributed by atoms with Crippen LogP contribution in [-0.2, 0) is 0 Å². The lowest BCUT2D eigenvalue weighted by molar-refractivity contribution is 1.29. The Bertz CT molecular complexity index is 4140. The normalized spacial score (nSPS) is 13.1. The summed E-state index contributed by atoms with van der Waals surface area (Å²) in [7, 11) is 0. The molecule has 16 rings (SSSR count). The number of fused-ring (bicyclic) bond motifs is 8. The van der Waals surface area contributed by atoms with Crippen molar-refractivity contribution in [3.63, 3.8) is 0 Å². The van der Waals surface area contributed by atoms with E-state index in [0.29, 0.717) is 11.1 Å². The van der Waals surface area contributed by atoms with Crippen LogP contribution >= 0.6 is 0 Å². The van der Waals surface area contributed by atoms with Crippen molar-refractivity contribution < 1.29 is 0 Å². The molecule has 0 saturated heterocycles. The van der Waals surface area contributed by atoms with Gasteiger partial charge < -0.3 is 9.80 Å². The van der Waals surface area contributed by atoms with E-state index in [9.17, 15) is 10.5 Å². The molecule has 4 aliphatic heterocycles. The van der Waals surface area contributed by atoms with Gasteiger partial charge in [0.2, 0.25) is 13.4 Å². The fourth-order valence-corrected chi connectivity index (χ4v) is 13.5. The molecule has 0 radical (unpaired) electrons. The summed E-state index contributed by atoms with van der Waals surface area (Å²) in [6.07, 6.45) is 0. The van der Waals surface area contributed by atoms with E-state index in [0.717, 1.165) is 78.6 Å². The van der Waals surface area contributed by atoms with E-state index < -0.39 is 0 Å². The van der Waals surface area contributed by atoms with Gasteiger partial charge in [-0.1, -0.05) is 157 Å². The lowest BCUT2D eigenvalue weighted by Gasteiger charge is -2.42. The number of para-hydroxylation sites is 4. The van der Waals surface area contributed by atoms with Crippen LogP contribution in [0.4, 0.5) is 34.1 Å². The minimum atomic E-state index is -0.119. The second kappa shape index (κ2) is 14.5. The quantitative estimate of drug-likeness (QED) is 0.130. The zero-order valence-electron chi connectivity index (χ0n) is 38.7. The highest BCUT2D eigenvalue weighted by atomic mass is 15.2. The van der Waals surface area contributed by atoms with E-state index in [1.165, 1.54) is 65.1 Å². The second-order valence-corrected chi connectivity index (χ2v) is 19.7. The first kappa shape index (κ1) is 39.3. The molecule has 0 unspecified atom stereocenters. The lowest BCUT2D eigenvalue weighted by Crippen LogP contribution is -2.60. The minimum absolute atomic E-state index is 0.119. The van der Waals surface area contributed by atoms with Crippen LogP contribution in [0.1, 0.15) is 11.1 Å². The smallest absolute Gasteiger partial charge is 0.248 e. The molecule has 0 aromatic heterocycles. The summed E-state index contributed by atoms with van der Waals surface area (Å²) in [6.45, 7) is -0.237. The van der Waals surface area contributed by atoms with E-state index >= 15 is 0 Å². The Balaban J connectivity index is 1.13. The van der Waals surface area contributed by atoms with Gasteiger partial charge in [-0.25, -0.2) is 0 Å². The zero-order valence-corrected chi connectivity index (χ0v) is 38.7. The molecule has 0 amide bonds. The van der Waals surface area contributed by atoms with E-state index in [2.05, 4.69) is 240 Å². The van der Waals surface area contributed by atoms with Crippen molar-refractivity contribution in [3.05, 3.63) is 230 Å². The van der Waals surface area contributed by atoms with Crippen molar-refractivity contribution in [2.45, 2.75) is 0 Å². The van der Waals surface area contributed by atoms with Gasteiger partial charge in [-0.15, -0.1) is 0 Å². The Kier molecular flexibility index (Phi) is 7.89. The van der Waals surface area contributed by atoms with Gasteiger partial charge in [-0.05, 0) is 171 Å². The average molecular weight is 907 g/mol. The number of anilines is 6. The molecule has 72 heavy (non-hydrogen) atoms. The molecule has 12 aromatic rings. The standard InChI is InChI=1S/C66H36B2N4/c69-37-39-29-51-47-33-45(41-17-5-1-6-18-41)49-35-55-62-48(52-30-40(38-70)32-60-66(52)67(55)53-25-13-15-27-57(53)72(60)44-23-11-4-12-24-44)34-46(42-19-7-2-8-20-42)50-36-56(61(47)63(49)64(50)62)68-54-26-14-16-28-58(54)71(59(31-39)65(51)68)43-21-9-3-10-22-43/h1-36H. The van der Waals surface area contributed by atoms with Crippen molar-refractivity contribution in [1.82, 2.24) is 0 Å².